The van der Waals surface area contributed by atoms with Gasteiger partial charge in [-0.15, -0.1) is 0 Å². The molecule has 0 heterocycles. The van der Waals surface area contributed by atoms with Crippen molar-refractivity contribution in [2.75, 3.05) is 0 Å². The smallest absolute Gasteiger partial charge is 0.314 e. The highest BCUT2D eigenvalue weighted by Gasteiger charge is 2.38. The lowest BCUT2D eigenvalue weighted by Crippen LogP contribution is -2.27. The van der Waals surface area contributed by atoms with E-state index in [2.05, 4.69) is 0 Å². The van der Waals surface area contributed by atoms with Crippen LogP contribution in [0, 0.1) is 17.8 Å². The molecule has 0 N–H and O–H groups in total. The van der Waals surface area contributed by atoms with E-state index >= 15 is 0 Å². The lowest BCUT2D eigenvalue weighted by atomic mass is 9.78. The maximum atomic E-state index is 12.6. The van der Waals surface area contributed by atoms with E-state index in [0.29, 0.717) is 28.3 Å². The summed E-state index contributed by atoms with van der Waals surface area (Å²) in [5, 5.41) is 0.507. The van der Waals surface area contributed by atoms with Crippen molar-refractivity contribution in [3.63, 3.8) is 0 Å². The van der Waals surface area contributed by atoms with E-state index in [1.807, 2.05) is 32.0 Å². The molecule has 0 radical (unpaired) electrons. The SMILES string of the molecule is CC1CC(=O)C(c2ccccc2Cl)=C(OC(=O)C2CC2)C1C. The molecule has 1 saturated carbocycles. The summed E-state index contributed by atoms with van der Waals surface area (Å²) in [5.41, 5.74) is 1.14. The van der Waals surface area contributed by atoms with Gasteiger partial charge in [0.05, 0.1) is 11.5 Å². The van der Waals surface area contributed by atoms with E-state index in [9.17, 15) is 9.59 Å². The molecule has 0 amide bonds. The molecule has 2 aliphatic carbocycles. The summed E-state index contributed by atoms with van der Waals surface area (Å²) in [4.78, 5) is 24.7. The van der Waals surface area contributed by atoms with Crippen LogP contribution in [0.1, 0.15) is 38.7 Å². The predicted octanol–water partition coefficient (Wildman–Crippen LogP) is 4.25. The van der Waals surface area contributed by atoms with Gasteiger partial charge in [-0.05, 0) is 24.8 Å². The third-order valence-electron chi connectivity index (χ3n) is 4.56. The largest absolute Gasteiger partial charge is 0.430 e. The van der Waals surface area contributed by atoms with Crippen molar-refractivity contribution in [1.29, 1.82) is 0 Å². The van der Waals surface area contributed by atoms with Gasteiger partial charge in [-0.3, -0.25) is 9.59 Å². The Morgan fingerprint density at radius 3 is 2.55 bits per heavy atom. The molecule has 116 valence electrons. The quantitative estimate of drug-likeness (QED) is 0.782. The second-order valence-corrected chi connectivity index (χ2v) is 6.71. The molecule has 1 aromatic carbocycles. The van der Waals surface area contributed by atoms with Gasteiger partial charge in [-0.2, -0.15) is 0 Å². The van der Waals surface area contributed by atoms with E-state index < -0.39 is 0 Å². The lowest BCUT2D eigenvalue weighted by molar-refractivity contribution is -0.142. The van der Waals surface area contributed by atoms with Crippen molar-refractivity contribution in [1.82, 2.24) is 0 Å². The van der Waals surface area contributed by atoms with Crippen LogP contribution in [0.2, 0.25) is 5.02 Å². The summed E-state index contributed by atoms with van der Waals surface area (Å²) in [6, 6.07) is 7.22. The van der Waals surface area contributed by atoms with Gasteiger partial charge in [-0.25, -0.2) is 0 Å². The van der Waals surface area contributed by atoms with Crippen LogP contribution in [-0.2, 0) is 14.3 Å². The molecule has 2 unspecified atom stereocenters. The second-order valence-electron chi connectivity index (χ2n) is 6.31. The Balaban J connectivity index is 2.08. The maximum absolute atomic E-state index is 12.6. The minimum absolute atomic E-state index is 0.000435. The minimum Gasteiger partial charge on any atom is -0.430 e. The van der Waals surface area contributed by atoms with Crippen LogP contribution in [-0.4, -0.2) is 11.8 Å². The number of allylic oxidation sites excluding steroid dienone is 2. The first kappa shape index (κ1) is 15.3. The van der Waals surface area contributed by atoms with Crippen LogP contribution in [0.3, 0.4) is 0 Å². The van der Waals surface area contributed by atoms with Crippen LogP contribution in [0.15, 0.2) is 30.0 Å². The molecule has 2 aliphatic rings. The topological polar surface area (TPSA) is 43.4 Å². The van der Waals surface area contributed by atoms with E-state index in [0.717, 1.165) is 12.8 Å². The Bertz CT molecular complexity index is 658. The van der Waals surface area contributed by atoms with Crippen molar-refractivity contribution in [2.24, 2.45) is 17.8 Å². The number of carbonyl (C=O) groups excluding carboxylic acids is 2. The fourth-order valence-corrected chi connectivity index (χ4v) is 3.03. The zero-order valence-electron chi connectivity index (χ0n) is 12.8. The second kappa shape index (κ2) is 5.88. The summed E-state index contributed by atoms with van der Waals surface area (Å²) < 4.78 is 5.65. The predicted molar refractivity (Wildman–Crippen MR) is 85.1 cm³/mol. The van der Waals surface area contributed by atoms with E-state index in [1.54, 1.807) is 6.07 Å². The molecule has 1 aromatic rings. The van der Waals surface area contributed by atoms with Crippen LogP contribution < -0.4 is 0 Å². The summed E-state index contributed by atoms with van der Waals surface area (Å²) in [5.74, 6) is 0.450. The molecule has 0 saturated heterocycles. The lowest BCUT2D eigenvalue weighted by Gasteiger charge is -2.30. The van der Waals surface area contributed by atoms with Crippen molar-refractivity contribution in [3.8, 4) is 0 Å². The van der Waals surface area contributed by atoms with Crippen molar-refractivity contribution < 1.29 is 14.3 Å². The fourth-order valence-electron chi connectivity index (χ4n) is 2.80. The van der Waals surface area contributed by atoms with E-state index in [-0.39, 0.29) is 29.5 Å². The first-order valence-electron chi connectivity index (χ1n) is 7.73. The third kappa shape index (κ3) is 2.82. The Morgan fingerprint density at radius 2 is 1.91 bits per heavy atom. The zero-order valence-corrected chi connectivity index (χ0v) is 13.5. The van der Waals surface area contributed by atoms with E-state index in [1.165, 1.54) is 0 Å². The fraction of sp³-hybridized carbons (Fsp3) is 0.444. The third-order valence-corrected chi connectivity index (χ3v) is 4.89. The standard InChI is InChI=1S/C18H19ClO3/c1-10-9-15(20)16(13-5-3-4-6-14(13)19)17(11(10)2)22-18(21)12-7-8-12/h3-6,10-12H,7-9H2,1-2H3. The van der Waals surface area contributed by atoms with Crippen LogP contribution in [0.4, 0.5) is 0 Å². The number of hydrogen-bond donors (Lipinski definition) is 0. The number of hydrogen-bond acceptors (Lipinski definition) is 3. The molecule has 22 heavy (non-hydrogen) atoms. The Hall–Kier alpha value is -1.61. The zero-order chi connectivity index (χ0) is 15.9. The molecular weight excluding hydrogens is 300 g/mol. The summed E-state index contributed by atoms with van der Waals surface area (Å²) in [7, 11) is 0. The summed E-state index contributed by atoms with van der Waals surface area (Å²) >= 11 is 6.26. The average Bonchev–Trinajstić information content (AvgIpc) is 3.30. The molecule has 0 bridgehead atoms. The number of Topliss-reactive ketones (excluding diaryl/α,β-unsaturated/α-hetero) is 1. The Kier molecular flexibility index (Phi) is 4.09. The van der Waals surface area contributed by atoms with Gasteiger partial charge in [0.15, 0.2) is 5.78 Å². The van der Waals surface area contributed by atoms with Crippen LogP contribution >= 0.6 is 11.6 Å². The Morgan fingerprint density at radius 1 is 1.23 bits per heavy atom. The van der Waals surface area contributed by atoms with Crippen molar-refractivity contribution in [2.45, 2.75) is 33.1 Å². The molecule has 2 atom stereocenters. The highest BCUT2D eigenvalue weighted by molar-refractivity contribution is 6.35. The molecule has 3 rings (SSSR count). The molecule has 0 spiro atoms. The van der Waals surface area contributed by atoms with E-state index in [4.69, 9.17) is 16.3 Å². The number of benzene rings is 1. The average molecular weight is 319 g/mol. The number of ketones is 1. The maximum Gasteiger partial charge on any atom is 0.314 e. The van der Waals surface area contributed by atoms with Crippen molar-refractivity contribution >= 4 is 28.9 Å². The molecular formula is C18H19ClO3. The monoisotopic (exact) mass is 318 g/mol. The van der Waals surface area contributed by atoms with Gasteiger partial charge in [0, 0.05) is 22.9 Å². The molecule has 0 aliphatic heterocycles. The Labute approximate surface area is 135 Å². The number of halogens is 1. The molecule has 0 aromatic heterocycles. The first-order chi connectivity index (χ1) is 10.5. The molecule has 3 nitrogen and oxygen atoms in total. The summed E-state index contributed by atoms with van der Waals surface area (Å²) in [6.07, 6.45) is 2.21. The molecule has 1 fully saturated rings. The van der Waals surface area contributed by atoms with Crippen LogP contribution in [0.25, 0.3) is 5.57 Å². The van der Waals surface area contributed by atoms with Crippen molar-refractivity contribution in [3.05, 3.63) is 40.6 Å². The van der Waals surface area contributed by atoms with Gasteiger partial charge in [0.2, 0.25) is 0 Å². The normalized spacial score (nSPS) is 25.3. The van der Waals surface area contributed by atoms with Gasteiger partial charge in [0.1, 0.15) is 5.76 Å². The minimum atomic E-state index is -0.215. The first-order valence-corrected chi connectivity index (χ1v) is 8.10. The highest BCUT2D eigenvalue weighted by Crippen LogP contribution is 2.41. The number of rotatable bonds is 3. The van der Waals surface area contributed by atoms with Gasteiger partial charge in [0.25, 0.3) is 0 Å². The van der Waals surface area contributed by atoms with Gasteiger partial charge >= 0.3 is 5.97 Å². The highest BCUT2D eigenvalue weighted by atomic mass is 35.5. The number of ether oxygens (including phenoxy) is 1. The summed E-state index contributed by atoms with van der Waals surface area (Å²) in [6.45, 7) is 4.01. The van der Waals surface area contributed by atoms with Gasteiger partial charge < -0.3 is 4.74 Å². The van der Waals surface area contributed by atoms with Crippen LogP contribution in [0.5, 0.6) is 0 Å². The number of esters is 1. The van der Waals surface area contributed by atoms with Gasteiger partial charge in [-0.1, -0.05) is 43.6 Å². The molecule has 4 heteroatoms. The number of carbonyl (C=O) groups is 2.